The van der Waals surface area contributed by atoms with Gasteiger partial charge in [-0.1, -0.05) is 30.3 Å². The number of likely N-dealkylation sites (tertiary alicyclic amines) is 1. The summed E-state index contributed by atoms with van der Waals surface area (Å²) < 4.78 is 30.8. The minimum atomic E-state index is -3.73. The molecule has 1 N–H and O–H groups in total. The molecule has 33 heavy (non-hydrogen) atoms. The van der Waals surface area contributed by atoms with Crippen LogP contribution in [0.15, 0.2) is 63.9 Å². The molecule has 170 valence electrons. The Labute approximate surface area is 193 Å². The van der Waals surface area contributed by atoms with E-state index in [1.807, 2.05) is 53.8 Å². The Hall–Kier alpha value is -3.46. The molecule has 0 bridgehead atoms. The number of aryl methyl sites for hydroxylation is 1. The molecule has 2 aromatic carbocycles. The van der Waals surface area contributed by atoms with Crippen LogP contribution in [0.25, 0.3) is 5.69 Å². The molecule has 0 saturated carbocycles. The monoisotopic (exact) mass is 463 g/mol. The SMILES string of the molecule is Cc1nn(-c2ccccc2)c(C)c1CNC(=O)[C@H]1CCCN1C1=NS(=O)(=O)c2ccccc21. The van der Waals surface area contributed by atoms with Gasteiger partial charge in [0.1, 0.15) is 10.9 Å². The molecule has 0 radical (unpaired) electrons. The lowest BCUT2D eigenvalue weighted by Gasteiger charge is -2.25. The van der Waals surface area contributed by atoms with Gasteiger partial charge in [0.05, 0.1) is 11.4 Å². The number of nitrogens with zero attached hydrogens (tertiary/aromatic N) is 4. The summed E-state index contributed by atoms with van der Waals surface area (Å²) in [7, 11) is -3.73. The molecule has 3 aromatic rings. The number of rotatable bonds is 4. The lowest BCUT2D eigenvalue weighted by atomic mass is 10.1. The van der Waals surface area contributed by atoms with Crippen LogP contribution in [0.2, 0.25) is 0 Å². The van der Waals surface area contributed by atoms with Gasteiger partial charge in [-0.25, -0.2) is 4.68 Å². The van der Waals surface area contributed by atoms with Gasteiger partial charge < -0.3 is 10.2 Å². The molecule has 3 heterocycles. The summed E-state index contributed by atoms with van der Waals surface area (Å²) in [5.41, 5.74) is 4.34. The van der Waals surface area contributed by atoms with Crippen LogP contribution in [0, 0.1) is 13.8 Å². The number of para-hydroxylation sites is 1. The zero-order valence-electron chi connectivity index (χ0n) is 18.5. The Bertz CT molecular complexity index is 1360. The topological polar surface area (TPSA) is 96.7 Å². The average molecular weight is 464 g/mol. The highest BCUT2D eigenvalue weighted by Crippen LogP contribution is 2.31. The first-order chi connectivity index (χ1) is 15.9. The van der Waals surface area contributed by atoms with Crippen molar-refractivity contribution in [2.75, 3.05) is 6.54 Å². The van der Waals surface area contributed by atoms with Crippen molar-refractivity contribution in [2.24, 2.45) is 4.40 Å². The average Bonchev–Trinajstić information content (AvgIpc) is 3.48. The van der Waals surface area contributed by atoms with E-state index in [4.69, 9.17) is 0 Å². The summed E-state index contributed by atoms with van der Waals surface area (Å²) in [6.07, 6.45) is 1.44. The number of amides is 1. The van der Waals surface area contributed by atoms with Crippen LogP contribution in [0.3, 0.4) is 0 Å². The van der Waals surface area contributed by atoms with Crippen molar-refractivity contribution in [1.29, 1.82) is 0 Å². The molecule has 0 aliphatic carbocycles. The zero-order valence-corrected chi connectivity index (χ0v) is 19.3. The summed E-state index contributed by atoms with van der Waals surface area (Å²) in [5.74, 6) is 0.232. The number of benzene rings is 2. The van der Waals surface area contributed by atoms with E-state index in [2.05, 4.69) is 14.8 Å². The summed E-state index contributed by atoms with van der Waals surface area (Å²) >= 11 is 0. The van der Waals surface area contributed by atoms with E-state index in [0.717, 1.165) is 29.1 Å². The number of carbonyl (C=O) groups excluding carboxylic acids is 1. The molecule has 1 amide bonds. The third-order valence-electron chi connectivity index (χ3n) is 6.32. The van der Waals surface area contributed by atoms with Gasteiger partial charge in [-0.2, -0.15) is 13.5 Å². The van der Waals surface area contributed by atoms with E-state index < -0.39 is 16.1 Å². The number of aromatic nitrogens is 2. The highest BCUT2D eigenvalue weighted by atomic mass is 32.2. The van der Waals surface area contributed by atoms with Crippen molar-refractivity contribution in [3.05, 3.63) is 77.1 Å². The Kier molecular flexibility index (Phi) is 5.28. The molecule has 2 aliphatic heterocycles. The van der Waals surface area contributed by atoms with Crippen molar-refractivity contribution >= 4 is 21.8 Å². The van der Waals surface area contributed by atoms with Gasteiger partial charge in [-0.15, -0.1) is 4.40 Å². The van der Waals surface area contributed by atoms with Crippen LogP contribution in [0.1, 0.15) is 35.4 Å². The van der Waals surface area contributed by atoms with Crippen LogP contribution in [-0.2, 0) is 21.4 Å². The molecule has 1 saturated heterocycles. The largest absolute Gasteiger partial charge is 0.350 e. The van der Waals surface area contributed by atoms with Crippen LogP contribution in [-0.4, -0.2) is 47.4 Å². The zero-order chi connectivity index (χ0) is 23.2. The second-order valence-electron chi connectivity index (χ2n) is 8.35. The molecule has 9 heteroatoms. The Morgan fingerprint density at radius 3 is 2.61 bits per heavy atom. The van der Waals surface area contributed by atoms with Crippen LogP contribution < -0.4 is 5.32 Å². The summed E-state index contributed by atoms with van der Waals surface area (Å²) in [5, 5.41) is 7.69. The third-order valence-corrected chi connectivity index (χ3v) is 7.65. The Morgan fingerprint density at radius 1 is 1.09 bits per heavy atom. The molecule has 1 fully saturated rings. The number of carbonyl (C=O) groups is 1. The van der Waals surface area contributed by atoms with Gasteiger partial charge in [-0.05, 0) is 51.0 Å². The molecular weight excluding hydrogens is 438 g/mol. The maximum atomic E-state index is 13.2. The predicted octanol–water partition coefficient (Wildman–Crippen LogP) is 2.72. The first-order valence-corrected chi connectivity index (χ1v) is 12.4. The van der Waals surface area contributed by atoms with Gasteiger partial charge in [0.2, 0.25) is 5.91 Å². The number of hydrogen-bond donors (Lipinski definition) is 1. The fourth-order valence-electron chi connectivity index (χ4n) is 4.63. The molecule has 1 aromatic heterocycles. The smallest absolute Gasteiger partial charge is 0.285 e. The molecule has 1 atom stereocenters. The normalized spacial score (nSPS) is 18.8. The van der Waals surface area contributed by atoms with E-state index in [9.17, 15) is 13.2 Å². The van der Waals surface area contributed by atoms with Crippen molar-refractivity contribution in [1.82, 2.24) is 20.0 Å². The Balaban J connectivity index is 1.35. The maximum Gasteiger partial charge on any atom is 0.285 e. The highest BCUT2D eigenvalue weighted by molar-refractivity contribution is 7.90. The van der Waals surface area contributed by atoms with Crippen molar-refractivity contribution in [3.8, 4) is 5.69 Å². The number of fused-ring (bicyclic) bond motifs is 1. The van der Waals surface area contributed by atoms with E-state index in [1.165, 1.54) is 0 Å². The maximum absolute atomic E-state index is 13.2. The lowest BCUT2D eigenvalue weighted by Crippen LogP contribution is -2.45. The van der Waals surface area contributed by atoms with E-state index >= 15 is 0 Å². The first kappa shape index (κ1) is 21.4. The van der Waals surface area contributed by atoms with Gasteiger partial charge in [0.25, 0.3) is 10.0 Å². The number of amidine groups is 1. The fraction of sp³-hybridized carbons (Fsp3) is 0.292. The third kappa shape index (κ3) is 3.72. The number of nitrogens with one attached hydrogen (secondary N) is 1. The molecule has 2 aliphatic rings. The van der Waals surface area contributed by atoms with Gasteiger partial charge in [0.15, 0.2) is 5.84 Å². The number of sulfonamides is 1. The van der Waals surface area contributed by atoms with Gasteiger partial charge in [-0.3, -0.25) is 4.79 Å². The van der Waals surface area contributed by atoms with E-state index in [1.54, 1.807) is 24.3 Å². The molecule has 0 spiro atoms. The van der Waals surface area contributed by atoms with E-state index in [-0.39, 0.29) is 10.8 Å². The minimum Gasteiger partial charge on any atom is -0.350 e. The lowest BCUT2D eigenvalue weighted by molar-refractivity contribution is -0.124. The second kappa shape index (κ2) is 8.15. The molecule has 0 unspecified atom stereocenters. The van der Waals surface area contributed by atoms with Crippen LogP contribution in [0.5, 0.6) is 0 Å². The van der Waals surface area contributed by atoms with Crippen molar-refractivity contribution in [3.63, 3.8) is 0 Å². The summed E-state index contributed by atoms with van der Waals surface area (Å²) in [6.45, 7) is 4.87. The highest BCUT2D eigenvalue weighted by Gasteiger charge is 2.39. The quantitative estimate of drug-likeness (QED) is 0.642. The number of hydrogen-bond acceptors (Lipinski definition) is 5. The van der Waals surface area contributed by atoms with E-state index in [0.29, 0.717) is 30.9 Å². The Morgan fingerprint density at radius 2 is 1.82 bits per heavy atom. The summed E-state index contributed by atoms with van der Waals surface area (Å²) in [4.78, 5) is 15.2. The van der Waals surface area contributed by atoms with Gasteiger partial charge in [0, 0.05) is 29.9 Å². The molecule has 8 nitrogen and oxygen atoms in total. The van der Waals surface area contributed by atoms with Crippen LogP contribution in [0.4, 0.5) is 0 Å². The molecule has 5 rings (SSSR count). The minimum absolute atomic E-state index is 0.136. The molecular formula is C24H25N5O3S. The van der Waals surface area contributed by atoms with Crippen molar-refractivity contribution < 1.29 is 13.2 Å². The fourth-order valence-corrected chi connectivity index (χ4v) is 5.85. The van der Waals surface area contributed by atoms with Crippen LogP contribution >= 0.6 is 0 Å². The van der Waals surface area contributed by atoms with Crippen molar-refractivity contribution in [2.45, 2.75) is 44.2 Å². The second-order valence-corrected chi connectivity index (χ2v) is 9.92. The van der Waals surface area contributed by atoms with Gasteiger partial charge >= 0.3 is 0 Å². The standard InChI is InChI=1S/C24H25N5O3S/c1-16-20(17(2)29(26-16)18-9-4-3-5-10-18)15-25-24(30)21-12-8-14-28(21)23-19-11-6-7-13-22(19)33(31,32)27-23/h3-7,9-11,13,21H,8,12,14-15H2,1-2H3,(H,25,30)/t21-/m1/s1. The summed E-state index contributed by atoms with van der Waals surface area (Å²) in [6, 6.07) is 16.2. The first-order valence-electron chi connectivity index (χ1n) is 11.0. The predicted molar refractivity (Wildman–Crippen MR) is 125 cm³/mol.